The molecular formula is C18H15N3O2. The number of ether oxygens (including phenoxy) is 1. The van der Waals surface area contributed by atoms with Crippen LogP contribution in [-0.4, -0.2) is 29.8 Å². The zero-order chi connectivity index (χ0) is 16.5. The predicted molar refractivity (Wildman–Crippen MR) is 89.8 cm³/mol. The van der Waals surface area contributed by atoms with Gasteiger partial charge in [0.15, 0.2) is 0 Å². The van der Waals surface area contributed by atoms with Crippen LogP contribution in [0.5, 0.6) is 0 Å². The first-order chi connectivity index (χ1) is 11.3. The smallest absolute Gasteiger partial charge is 0.422 e. The summed E-state index contributed by atoms with van der Waals surface area (Å²) in [7, 11) is 1.22. The van der Waals surface area contributed by atoms with Crippen LogP contribution < -0.4 is 0 Å². The molecule has 0 aliphatic carbocycles. The highest BCUT2D eigenvalue weighted by molar-refractivity contribution is 6.41. The second-order valence-corrected chi connectivity index (χ2v) is 4.51. The molecule has 0 bridgehead atoms. The van der Waals surface area contributed by atoms with Gasteiger partial charge < -0.3 is 10.3 Å². The normalized spacial score (nSPS) is 10.7. The maximum Gasteiger partial charge on any atom is 0.422 e. The fourth-order valence-corrected chi connectivity index (χ4v) is 1.93. The van der Waals surface area contributed by atoms with Crippen LogP contribution >= 0.6 is 0 Å². The average molecular weight is 305 g/mol. The van der Waals surface area contributed by atoms with Crippen molar-refractivity contribution in [2.45, 2.75) is 0 Å². The quantitative estimate of drug-likeness (QED) is 0.368. The third-order valence-corrected chi connectivity index (χ3v) is 3.03. The first-order valence-electron chi connectivity index (χ1n) is 6.92. The topological polar surface area (TPSA) is 75.1 Å². The average Bonchev–Trinajstić information content (AvgIpc) is 2.61. The van der Waals surface area contributed by atoms with E-state index < -0.39 is 5.97 Å². The van der Waals surface area contributed by atoms with Crippen molar-refractivity contribution in [3.05, 3.63) is 77.3 Å². The van der Waals surface area contributed by atoms with E-state index in [1.807, 2.05) is 36.4 Å². The number of esters is 1. The van der Waals surface area contributed by atoms with Crippen LogP contribution in [0.3, 0.4) is 0 Å². The molecule has 114 valence electrons. The Balaban J connectivity index is 2.24. The number of allylic oxidation sites excluding steroid dienone is 1. The molecule has 0 heterocycles. The van der Waals surface area contributed by atoms with Crippen LogP contribution in [0.4, 0.5) is 5.69 Å². The molecule has 0 atom stereocenters. The van der Waals surface area contributed by atoms with E-state index in [1.165, 1.54) is 7.11 Å². The summed E-state index contributed by atoms with van der Waals surface area (Å²) >= 11 is 0. The number of carbonyl (C=O) groups is 1. The standard InChI is InChI=1S/C18H15N3O2/c1-23-18(22)17(21-19)15-11-5-6-12-16(15)20-13-7-10-14-8-3-2-4-9-14/h2-13H,1H3/b10-7+,20-13?. The van der Waals surface area contributed by atoms with Crippen LogP contribution in [-0.2, 0) is 9.53 Å². The highest BCUT2D eigenvalue weighted by Gasteiger charge is 2.26. The number of rotatable bonds is 5. The largest absolute Gasteiger partial charge is 0.460 e. The summed E-state index contributed by atoms with van der Waals surface area (Å²) in [6, 6.07) is 16.7. The van der Waals surface area contributed by atoms with E-state index in [0.29, 0.717) is 11.3 Å². The van der Waals surface area contributed by atoms with Crippen LogP contribution in [0.2, 0.25) is 0 Å². The number of hydrogen-bond donors (Lipinski definition) is 0. The number of methoxy groups -OCH3 is 1. The maximum atomic E-state index is 11.6. The molecule has 23 heavy (non-hydrogen) atoms. The van der Waals surface area contributed by atoms with Crippen molar-refractivity contribution in [1.82, 2.24) is 0 Å². The minimum atomic E-state index is -0.727. The second-order valence-electron chi connectivity index (χ2n) is 4.51. The van der Waals surface area contributed by atoms with Crippen molar-refractivity contribution in [2.24, 2.45) is 4.99 Å². The molecule has 5 heteroatoms. The van der Waals surface area contributed by atoms with Crippen LogP contribution in [0.1, 0.15) is 11.1 Å². The predicted octanol–water partition coefficient (Wildman–Crippen LogP) is 3.29. The van der Waals surface area contributed by atoms with Gasteiger partial charge in [-0.25, -0.2) is 4.79 Å². The molecule has 0 saturated heterocycles. The van der Waals surface area contributed by atoms with Crippen LogP contribution in [0, 0.1) is 0 Å². The fraction of sp³-hybridized carbons (Fsp3) is 0.0556. The van der Waals surface area contributed by atoms with Crippen molar-refractivity contribution in [3.8, 4) is 0 Å². The molecule has 0 radical (unpaired) electrons. The fourth-order valence-electron chi connectivity index (χ4n) is 1.93. The van der Waals surface area contributed by atoms with E-state index in [0.717, 1.165) is 5.56 Å². The molecule has 0 amide bonds. The van der Waals surface area contributed by atoms with E-state index in [-0.39, 0.29) is 5.71 Å². The SMILES string of the molecule is COC(=O)C(=[N+]=[N-])c1ccccc1N=C/C=C/c1ccccc1. The summed E-state index contributed by atoms with van der Waals surface area (Å²) in [6.07, 6.45) is 5.31. The molecule has 0 aliphatic heterocycles. The maximum absolute atomic E-state index is 11.6. The molecule has 2 rings (SSSR count). The van der Waals surface area contributed by atoms with Gasteiger partial charge in [0.05, 0.1) is 18.4 Å². The summed E-state index contributed by atoms with van der Waals surface area (Å²) in [5, 5.41) is 0. The Morgan fingerprint density at radius 1 is 1.13 bits per heavy atom. The highest BCUT2D eigenvalue weighted by Crippen LogP contribution is 2.19. The third-order valence-electron chi connectivity index (χ3n) is 3.03. The van der Waals surface area contributed by atoms with Gasteiger partial charge >= 0.3 is 11.7 Å². The van der Waals surface area contributed by atoms with Gasteiger partial charge in [0.25, 0.3) is 0 Å². The van der Waals surface area contributed by atoms with Gasteiger partial charge in [0.1, 0.15) is 0 Å². The molecule has 2 aromatic rings. The minimum absolute atomic E-state index is 0.188. The molecule has 0 fully saturated rings. The Labute approximate surface area is 134 Å². The molecule has 0 N–H and O–H groups in total. The summed E-state index contributed by atoms with van der Waals surface area (Å²) in [6.45, 7) is 0. The zero-order valence-electron chi connectivity index (χ0n) is 12.6. The first kappa shape index (κ1) is 16.1. The van der Waals surface area contributed by atoms with Gasteiger partial charge in [-0.1, -0.05) is 48.5 Å². The number of aliphatic imine (C=N–C) groups is 1. The molecule has 0 saturated carbocycles. The molecule has 0 spiro atoms. The lowest BCUT2D eigenvalue weighted by Crippen LogP contribution is -2.18. The van der Waals surface area contributed by atoms with E-state index in [9.17, 15) is 4.79 Å². The molecule has 2 aromatic carbocycles. The summed E-state index contributed by atoms with van der Waals surface area (Å²) in [4.78, 5) is 18.9. The lowest BCUT2D eigenvalue weighted by molar-refractivity contribution is -0.137. The Hall–Kier alpha value is -3.30. The third kappa shape index (κ3) is 4.33. The highest BCUT2D eigenvalue weighted by atomic mass is 16.5. The molecule has 0 aliphatic rings. The van der Waals surface area contributed by atoms with Gasteiger partial charge in [-0.15, -0.1) is 0 Å². The Bertz CT molecular complexity index is 789. The van der Waals surface area contributed by atoms with Crippen LogP contribution in [0.25, 0.3) is 11.6 Å². The lowest BCUT2D eigenvalue weighted by Gasteiger charge is -1.99. The Kier molecular flexibility index (Phi) is 5.74. The van der Waals surface area contributed by atoms with E-state index in [2.05, 4.69) is 14.5 Å². The van der Waals surface area contributed by atoms with Crippen molar-refractivity contribution in [1.29, 1.82) is 0 Å². The lowest BCUT2D eigenvalue weighted by atomic mass is 10.1. The van der Waals surface area contributed by atoms with Gasteiger partial charge in [-0.2, -0.15) is 4.79 Å². The first-order valence-corrected chi connectivity index (χ1v) is 6.92. The van der Waals surface area contributed by atoms with Crippen molar-refractivity contribution < 1.29 is 14.3 Å². The molecular weight excluding hydrogens is 290 g/mol. The zero-order valence-corrected chi connectivity index (χ0v) is 12.6. The Morgan fingerprint density at radius 3 is 2.52 bits per heavy atom. The molecule has 0 aromatic heterocycles. The van der Waals surface area contributed by atoms with Gasteiger partial charge in [-0.05, 0) is 23.8 Å². The van der Waals surface area contributed by atoms with Crippen molar-refractivity contribution >= 4 is 29.7 Å². The van der Waals surface area contributed by atoms with E-state index in [1.54, 1.807) is 36.6 Å². The van der Waals surface area contributed by atoms with Crippen molar-refractivity contribution in [2.75, 3.05) is 7.11 Å². The summed E-state index contributed by atoms with van der Waals surface area (Å²) < 4.78 is 4.60. The van der Waals surface area contributed by atoms with Crippen molar-refractivity contribution in [3.63, 3.8) is 0 Å². The summed E-state index contributed by atoms with van der Waals surface area (Å²) in [5.74, 6) is -0.727. The molecule has 0 unspecified atom stereocenters. The monoisotopic (exact) mass is 305 g/mol. The van der Waals surface area contributed by atoms with Gasteiger partial charge in [-0.3, -0.25) is 4.99 Å². The molecule has 5 nitrogen and oxygen atoms in total. The van der Waals surface area contributed by atoms with Crippen LogP contribution in [0.15, 0.2) is 65.7 Å². The number of nitrogens with zero attached hydrogens (tertiary/aromatic N) is 3. The minimum Gasteiger partial charge on any atom is -0.460 e. The second kappa shape index (κ2) is 8.22. The number of carbonyl (C=O) groups excluding carboxylic acids is 1. The van der Waals surface area contributed by atoms with Gasteiger partial charge in [0, 0.05) is 6.21 Å². The number of hydrogen-bond acceptors (Lipinski definition) is 3. The number of benzene rings is 2. The van der Waals surface area contributed by atoms with Gasteiger partial charge in [0.2, 0.25) is 0 Å². The van der Waals surface area contributed by atoms with E-state index in [4.69, 9.17) is 5.53 Å². The number of para-hydroxylation sites is 1. The summed E-state index contributed by atoms with van der Waals surface area (Å²) in [5.41, 5.74) is 10.8. The Morgan fingerprint density at radius 2 is 1.83 bits per heavy atom. The van der Waals surface area contributed by atoms with E-state index >= 15 is 0 Å².